The Bertz CT molecular complexity index is 781. The number of carbonyl (C=O) groups excluding carboxylic acids is 1. The molecule has 2 aromatic rings. The van der Waals surface area contributed by atoms with Crippen molar-refractivity contribution < 1.29 is 19.4 Å². The van der Waals surface area contributed by atoms with Gasteiger partial charge in [-0.25, -0.2) is 9.78 Å². The third-order valence-electron chi connectivity index (χ3n) is 3.89. The molecule has 124 valence electrons. The first-order valence-corrected chi connectivity index (χ1v) is 7.81. The van der Waals surface area contributed by atoms with Gasteiger partial charge in [0.1, 0.15) is 11.1 Å². The van der Waals surface area contributed by atoms with Crippen molar-refractivity contribution in [1.82, 2.24) is 4.98 Å². The van der Waals surface area contributed by atoms with Crippen LogP contribution in [0.5, 0.6) is 5.88 Å². The first-order chi connectivity index (χ1) is 11.6. The fourth-order valence-corrected chi connectivity index (χ4v) is 2.89. The van der Waals surface area contributed by atoms with Crippen molar-refractivity contribution in [2.45, 2.75) is 12.5 Å². The number of halogens is 1. The van der Waals surface area contributed by atoms with E-state index in [1.165, 1.54) is 12.1 Å². The van der Waals surface area contributed by atoms with Crippen molar-refractivity contribution in [3.8, 4) is 5.88 Å². The van der Waals surface area contributed by atoms with E-state index in [-0.39, 0.29) is 11.7 Å². The fraction of sp³-hybridized carbons (Fsp3) is 0.235. The Kier molecular flexibility index (Phi) is 4.66. The van der Waals surface area contributed by atoms with Gasteiger partial charge in [0.05, 0.1) is 12.1 Å². The summed E-state index contributed by atoms with van der Waals surface area (Å²) in [6.07, 6.45) is 2.94. The van der Waals surface area contributed by atoms with Gasteiger partial charge in [0, 0.05) is 30.4 Å². The lowest BCUT2D eigenvalue weighted by molar-refractivity contribution is 0.0697. The zero-order valence-corrected chi connectivity index (χ0v) is 13.4. The highest BCUT2D eigenvalue weighted by Gasteiger charge is 2.27. The number of hydrogen-bond donors (Lipinski definition) is 1. The molecule has 7 heteroatoms. The Hall–Kier alpha value is -2.60. The van der Waals surface area contributed by atoms with Crippen molar-refractivity contribution in [2.24, 2.45) is 0 Å². The molecule has 0 unspecified atom stereocenters. The number of aldehydes is 1. The van der Waals surface area contributed by atoms with Crippen molar-refractivity contribution in [3.63, 3.8) is 0 Å². The van der Waals surface area contributed by atoms with Crippen LogP contribution in [0.1, 0.15) is 27.1 Å². The average molecular weight is 347 g/mol. The highest BCUT2D eigenvalue weighted by molar-refractivity contribution is 6.31. The minimum Gasteiger partial charge on any atom is -0.478 e. The monoisotopic (exact) mass is 346 g/mol. The summed E-state index contributed by atoms with van der Waals surface area (Å²) in [5, 5.41) is 9.48. The molecule has 1 fully saturated rings. The third kappa shape index (κ3) is 3.33. The fourth-order valence-electron chi connectivity index (χ4n) is 2.73. The average Bonchev–Trinajstić information content (AvgIpc) is 3.04. The molecular weight excluding hydrogens is 332 g/mol. The number of ether oxygens (including phenoxy) is 1. The predicted octanol–water partition coefficient (Wildman–Crippen LogP) is 2.90. The first-order valence-electron chi connectivity index (χ1n) is 7.43. The quantitative estimate of drug-likeness (QED) is 0.838. The first kappa shape index (κ1) is 16.3. The molecule has 0 saturated carbocycles. The summed E-state index contributed by atoms with van der Waals surface area (Å²) in [7, 11) is 0. The summed E-state index contributed by atoms with van der Waals surface area (Å²) in [6.45, 7) is 1.27. The summed E-state index contributed by atoms with van der Waals surface area (Å²) in [4.78, 5) is 28.4. The second kappa shape index (κ2) is 6.88. The highest BCUT2D eigenvalue weighted by atomic mass is 35.5. The van der Waals surface area contributed by atoms with Gasteiger partial charge in [-0.05, 0) is 30.3 Å². The number of aromatic nitrogens is 1. The van der Waals surface area contributed by atoms with E-state index in [2.05, 4.69) is 4.98 Å². The van der Waals surface area contributed by atoms with E-state index in [4.69, 9.17) is 21.4 Å². The second-order valence-corrected chi connectivity index (χ2v) is 5.87. The lowest BCUT2D eigenvalue weighted by atomic mass is 10.1. The number of anilines is 1. The minimum atomic E-state index is -1.06. The van der Waals surface area contributed by atoms with Crippen LogP contribution in [-0.4, -0.2) is 41.5 Å². The zero-order valence-electron chi connectivity index (χ0n) is 12.7. The molecule has 3 rings (SSSR count). The van der Waals surface area contributed by atoms with Crippen LogP contribution in [0.2, 0.25) is 5.02 Å². The number of nitrogens with zero attached hydrogens (tertiary/aromatic N) is 2. The van der Waals surface area contributed by atoms with Crippen LogP contribution in [0.4, 0.5) is 5.69 Å². The zero-order chi connectivity index (χ0) is 17.1. The van der Waals surface area contributed by atoms with Gasteiger partial charge in [0.2, 0.25) is 5.88 Å². The summed E-state index contributed by atoms with van der Waals surface area (Å²) in [5.41, 5.74) is 1.15. The Labute approximate surface area is 143 Å². The second-order valence-electron chi connectivity index (χ2n) is 5.46. The van der Waals surface area contributed by atoms with E-state index in [0.29, 0.717) is 41.5 Å². The van der Waals surface area contributed by atoms with E-state index in [1.54, 1.807) is 24.4 Å². The van der Waals surface area contributed by atoms with Gasteiger partial charge in [-0.2, -0.15) is 0 Å². The number of pyridine rings is 1. The SMILES string of the molecule is O=Cc1cc(C(=O)O)ccc1N1CC[C@H](Oc2ncccc2Cl)C1. The molecule has 1 aromatic carbocycles. The summed E-state index contributed by atoms with van der Waals surface area (Å²) >= 11 is 6.05. The molecule has 0 bridgehead atoms. The predicted molar refractivity (Wildman–Crippen MR) is 89.3 cm³/mol. The molecule has 0 amide bonds. The maximum atomic E-state index is 11.3. The molecule has 1 N–H and O–H groups in total. The molecule has 2 heterocycles. The number of rotatable bonds is 5. The maximum Gasteiger partial charge on any atom is 0.335 e. The Balaban J connectivity index is 1.75. The van der Waals surface area contributed by atoms with Crippen LogP contribution in [0.15, 0.2) is 36.5 Å². The van der Waals surface area contributed by atoms with Crippen LogP contribution in [-0.2, 0) is 0 Å². The number of carboxylic acids is 1. The van der Waals surface area contributed by atoms with E-state index in [9.17, 15) is 9.59 Å². The normalized spacial score (nSPS) is 16.9. The Morgan fingerprint density at radius 3 is 2.96 bits per heavy atom. The topological polar surface area (TPSA) is 79.7 Å². The number of hydrogen-bond acceptors (Lipinski definition) is 5. The number of aromatic carboxylic acids is 1. The Morgan fingerprint density at radius 1 is 1.42 bits per heavy atom. The molecule has 1 aliphatic heterocycles. The molecule has 1 aromatic heterocycles. The van der Waals surface area contributed by atoms with Crippen molar-refractivity contribution in [2.75, 3.05) is 18.0 Å². The van der Waals surface area contributed by atoms with E-state index in [0.717, 1.165) is 6.42 Å². The van der Waals surface area contributed by atoms with Crippen molar-refractivity contribution in [1.29, 1.82) is 0 Å². The largest absolute Gasteiger partial charge is 0.478 e. The van der Waals surface area contributed by atoms with Gasteiger partial charge in [-0.1, -0.05) is 11.6 Å². The molecular formula is C17H15ClN2O4. The van der Waals surface area contributed by atoms with Crippen LogP contribution < -0.4 is 9.64 Å². The minimum absolute atomic E-state index is 0.0908. The van der Waals surface area contributed by atoms with Crippen molar-refractivity contribution >= 4 is 29.5 Å². The summed E-state index contributed by atoms with van der Waals surface area (Å²) in [5.74, 6) is -0.667. The van der Waals surface area contributed by atoms with Gasteiger partial charge in [-0.3, -0.25) is 4.79 Å². The molecule has 0 aliphatic carbocycles. The van der Waals surface area contributed by atoms with Gasteiger partial charge < -0.3 is 14.7 Å². The van der Waals surface area contributed by atoms with Crippen molar-refractivity contribution in [3.05, 3.63) is 52.7 Å². The van der Waals surface area contributed by atoms with E-state index in [1.807, 2.05) is 4.90 Å². The molecule has 6 nitrogen and oxygen atoms in total. The van der Waals surface area contributed by atoms with Gasteiger partial charge >= 0.3 is 5.97 Å². The van der Waals surface area contributed by atoms with Crippen LogP contribution >= 0.6 is 11.6 Å². The lowest BCUT2D eigenvalue weighted by Gasteiger charge is -2.21. The molecule has 0 spiro atoms. The summed E-state index contributed by atoms with van der Waals surface area (Å²) in [6, 6.07) is 7.98. The number of carboxylic acid groups (broad SMARTS) is 1. The number of benzene rings is 1. The molecule has 1 aliphatic rings. The Morgan fingerprint density at radius 2 is 2.25 bits per heavy atom. The standard InChI is InChI=1S/C17H15ClN2O4/c18-14-2-1-6-19-16(14)24-13-5-7-20(9-13)15-4-3-11(17(22)23)8-12(15)10-21/h1-4,6,8,10,13H,5,7,9H2,(H,22,23)/t13-/m0/s1. The van der Waals surface area contributed by atoms with Crippen LogP contribution in [0.25, 0.3) is 0 Å². The van der Waals surface area contributed by atoms with Gasteiger partial charge in [0.15, 0.2) is 6.29 Å². The third-order valence-corrected chi connectivity index (χ3v) is 4.18. The maximum absolute atomic E-state index is 11.3. The van der Waals surface area contributed by atoms with E-state index >= 15 is 0 Å². The van der Waals surface area contributed by atoms with Gasteiger partial charge in [0.25, 0.3) is 0 Å². The van der Waals surface area contributed by atoms with Crippen LogP contribution in [0, 0.1) is 0 Å². The highest BCUT2D eigenvalue weighted by Crippen LogP contribution is 2.28. The molecule has 0 radical (unpaired) electrons. The molecule has 1 atom stereocenters. The molecule has 1 saturated heterocycles. The van der Waals surface area contributed by atoms with Gasteiger partial charge in [-0.15, -0.1) is 0 Å². The smallest absolute Gasteiger partial charge is 0.335 e. The van der Waals surface area contributed by atoms with E-state index < -0.39 is 5.97 Å². The molecule has 24 heavy (non-hydrogen) atoms. The summed E-state index contributed by atoms with van der Waals surface area (Å²) < 4.78 is 5.83. The number of carbonyl (C=O) groups is 2. The lowest BCUT2D eigenvalue weighted by Crippen LogP contribution is -2.25. The van der Waals surface area contributed by atoms with Crippen LogP contribution in [0.3, 0.4) is 0 Å².